The van der Waals surface area contributed by atoms with Crippen molar-refractivity contribution in [2.75, 3.05) is 39.3 Å². The minimum atomic E-state index is -0.722. The lowest BCUT2D eigenvalue weighted by Gasteiger charge is -2.32. The van der Waals surface area contributed by atoms with Gasteiger partial charge in [0.2, 0.25) is 0 Å². The van der Waals surface area contributed by atoms with Crippen LogP contribution in [0, 0.1) is 0 Å². The smallest absolute Gasteiger partial charge is 0.317 e. The van der Waals surface area contributed by atoms with Crippen molar-refractivity contribution in [3.05, 3.63) is 0 Å². The Morgan fingerprint density at radius 2 is 1.57 bits per heavy atom. The molecule has 0 unspecified atom stereocenters. The van der Waals surface area contributed by atoms with E-state index in [-0.39, 0.29) is 40.5 Å². The molecule has 6 heteroatoms. The molecular formula is C8H18Br2N2O2. The number of aliphatic carboxylic acids is 1. The van der Waals surface area contributed by atoms with Gasteiger partial charge in [0.25, 0.3) is 0 Å². The van der Waals surface area contributed by atoms with Gasteiger partial charge in [-0.15, -0.1) is 34.0 Å². The normalized spacial score (nSPS) is 18.1. The Hall–Kier alpha value is 0.350. The number of piperazine rings is 1. The molecule has 0 aromatic rings. The Balaban J connectivity index is 0. The van der Waals surface area contributed by atoms with Crippen molar-refractivity contribution in [1.29, 1.82) is 0 Å². The van der Waals surface area contributed by atoms with Crippen molar-refractivity contribution < 1.29 is 9.90 Å². The zero-order valence-corrected chi connectivity index (χ0v) is 11.7. The summed E-state index contributed by atoms with van der Waals surface area (Å²) in [4.78, 5) is 14.7. The first-order valence-electron chi connectivity index (χ1n) is 4.39. The number of hydrogen-bond donors (Lipinski definition) is 1. The van der Waals surface area contributed by atoms with E-state index in [1.807, 2.05) is 4.90 Å². The van der Waals surface area contributed by atoms with E-state index >= 15 is 0 Å². The van der Waals surface area contributed by atoms with Crippen LogP contribution in [0.3, 0.4) is 0 Å². The van der Waals surface area contributed by atoms with Gasteiger partial charge < -0.3 is 10.0 Å². The highest BCUT2D eigenvalue weighted by Gasteiger charge is 2.16. The van der Waals surface area contributed by atoms with Gasteiger partial charge in [0.05, 0.1) is 6.54 Å². The van der Waals surface area contributed by atoms with Gasteiger partial charge in [0.1, 0.15) is 0 Å². The zero-order valence-electron chi connectivity index (χ0n) is 8.31. The van der Waals surface area contributed by atoms with E-state index in [4.69, 9.17) is 5.11 Å². The third kappa shape index (κ3) is 5.95. The number of nitrogens with zero attached hydrogens (tertiary/aromatic N) is 2. The molecule has 14 heavy (non-hydrogen) atoms. The number of carbonyl (C=O) groups is 1. The molecule has 1 aliphatic rings. The van der Waals surface area contributed by atoms with E-state index in [0.717, 1.165) is 32.7 Å². The molecule has 4 nitrogen and oxygen atoms in total. The molecular weight excluding hydrogens is 316 g/mol. The van der Waals surface area contributed by atoms with Crippen LogP contribution in [0.2, 0.25) is 0 Å². The second-order valence-corrected chi connectivity index (χ2v) is 3.10. The van der Waals surface area contributed by atoms with E-state index in [2.05, 4.69) is 11.8 Å². The summed E-state index contributed by atoms with van der Waals surface area (Å²) in [5, 5.41) is 8.53. The number of hydrogen-bond acceptors (Lipinski definition) is 3. The molecule has 0 spiro atoms. The van der Waals surface area contributed by atoms with Crippen molar-refractivity contribution in [1.82, 2.24) is 9.80 Å². The van der Waals surface area contributed by atoms with Crippen LogP contribution in [0.15, 0.2) is 0 Å². The lowest BCUT2D eigenvalue weighted by Crippen LogP contribution is -2.47. The second kappa shape index (κ2) is 8.64. The summed E-state index contributed by atoms with van der Waals surface area (Å²) >= 11 is 0. The van der Waals surface area contributed by atoms with E-state index in [0.29, 0.717) is 0 Å². The third-order valence-electron chi connectivity index (χ3n) is 2.27. The average molecular weight is 334 g/mol. The summed E-state index contributed by atoms with van der Waals surface area (Å²) in [7, 11) is 0. The van der Waals surface area contributed by atoms with Gasteiger partial charge in [0.15, 0.2) is 0 Å². The predicted octanol–water partition coefficient (Wildman–Crippen LogP) is 0.864. The fraction of sp³-hybridized carbons (Fsp3) is 0.875. The van der Waals surface area contributed by atoms with E-state index in [9.17, 15) is 4.79 Å². The van der Waals surface area contributed by atoms with Crippen molar-refractivity contribution >= 4 is 39.9 Å². The van der Waals surface area contributed by atoms with Crippen LogP contribution in [0.5, 0.6) is 0 Å². The molecule has 0 bridgehead atoms. The first-order valence-corrected chi connectivity index (χ1v) is 4.39. The fourth-order valence-corrected chi connectivity index (χ4v) is 1.45. The molecule has 0 atom stereocenters. The molecule has 1 heterocycles. The summed E-state index contributed by atoms with van der Waals surface area (Å²) in [6, 6.07) is 0. The maximum Gasteiger partial charge on any atom is 0.317 e. The largest absolute Gasteiger partial charge is 0.480 e. The van der Waals surface area contributed by atoms with Crippen molar-refractivity contribution in [2.24, 2.45) is 0 Å². The molecule has 0 aliphatic carbocycles. The van der Waals surface area contributed by atoms with Crippen LogP contribution < -0.4 is 0 Å². The maximum atomic E-state index is 10.4. The number of likely N-dealkylation sites (N-methyl/N-ethyl adjacent to an activating group) is 1. The van der Waals surface area contributed by atoms with Gasteiger partial charge in [-0.1, -0.05) is 6.92 Å². The molecule has 0 aromatic carbocycles. The quantitative estimate of drug-likeness (QED) is 0.832. The number of halogens is 2. The standard InChI is InChI=1S/C8H16N2O2.2BrH/c1-2-9-3-5-10(6-4-9)7-8(11)12;;/h2-7H2,1H3,(H,11,12);2*1H. The first kappa shape index (κ1) is 16.8. The molecule has 86 valence electrons. The number of carboxylic acid groups (broad SMARTS) is 1. The van der Waals surface area contributed by atoms with Gasteiger partial charge in [-0.05, 0) is 6.54 Å². The van der Waals surface area contributed by atoms with Gasteiger partial charge in [0, 0.05) is 26.2 Å². The van der Waals surface area contributed by atoms with E-state index < -0.39 is 5.97 Å². The van der Waals surface area contributed by atoms with Crippen LogP contribution in [0.1, 0.15) is 6.92 Å². The van der Waals surface area contributed by atoms with E-state index in [1.165, 1.54) is 0 Å². The van der Waals surface area contributed by atoms with E-state index in [1.54, 1.807) is 0 Å². The Bertz CT molecular complexity index is 161. The van der Waals surface area contributed by atoms with Crippen LogP contribution in [-0.2, 0) is 4.79 Å². The molecule has 0 aromatic heterocycles. The number of rotatable bonds is 3. The monoisotopic (exact) mass is 332 g/mol. The van der Waals surface area contributed by atoms with Crippen molar-refractivity contribution in [3.8, 4) is 0 Å². The summed E-state index contributed by atoms with van der Waals surface area (Å²) < 4.78 is 0. The average Bonchev–Trinajstić information content (AvgIpc) is 2.05. The van der Waals surface area contributed by atoms with Gasteiger partial charge in [-0.25, -0.2) is 0 Å². The summed E-state index contributed by atoms with van der Waals surface area (Å²) in [6.07, 6.45) is 0. The maximum absolute atomic E-state index is 10.4. The second-order valence-electron chi connectivity index (χ2n) is 3.10. The van der Waals surface area contributed by atoms with Crippen LogP contribution in [-0.4, -0.2) is 60.1 Å². The predicted molar refractivity (Wildman–Crippen MR) is 66.8 cm³/mol. The topological polar surface area (TPSA) is 43.8 Å². The third-order valence-corrected chi connectivity index (χ3v) is 2.27. The lowest BCUT2D eigenvalue weighted by molar-refractivity contribution is -0.138. The Kier molecular flexibility index (Phi) is 10.4. The minimum absolute atomic E-state index is 0. The molecule has 0 radical (unpaired) electrons. The highest BCUT2D eigenvalue weighted by Crippen LogP contribution is 1.99. The van der Waals surface area contributed by atoms with Crippen molar-refractivity contribution in [3.63, 3.8) is 0 Å². The summed E-state index contributed by atoms with van der Waals surface area (Å²) in [5.41, 5.74) is 0. The fourth-order valence-electron chi connectivity index (χ4n) is 1.45. The van der Waals surface area contributed by atoms with Crippen LogP contribution in [0.4, 0.5) is 0 Å². The highest BCUT2D eigenvalue weighted by atomic mass is 79.9. The van der Waals surface area contributed by atoms with Crippen LogP contribution in [0.25, 0.3) is 0 Å². The Labute approximate surface area is 106 Å². The van der Waals surface area contributed by atoms with Gasteiger partial charge >= 0.3 is 5.97 Å². The molecule has 1 aliphatic heterocycles. The number of carboxylic acids is 1. The molecule has 0 saturated carbocycles. The Morgan fingerprint density at radius 1 is 1.14 bits per heavy atom. The minimum Gasteiger partial charge on any atom is -0.480 e. The van der Waals surface area contributed by atoms with Crippen molar-refractivity contribution in [2.45, 2.75) is 6.92 Å². The Morgan fingerprint density at radius 3 is 1.93 bits per heavy atom. The summed E-state index contributed by atoms with van der Waals surface area (Å²) in [6.45, 7) is 7.18. The molecule has 1 rings (SSSR count). The molecule has 1 N–H and O–H groups in total. The van der Waals surface area contributed by atoms with Gasteiger partial charge in [-0.3, -0.25) is 9.69 Å². The highest BCUT2D eigenvalue weighted by molar-refractivity contribution is 8.93. The molecule has 1 saturated heterocycles. The SMILES string of the molecule is Br.Br.CCN1CCN(CC(=O)O)CC1. The van der Waals surface area contributed by atoms with Gasteiger partial charge in [-0.2, -0.15) is 0 Å². The van der Waals surface area contributed by atoms with Crippen LogP contribution >= 0.6 is 34.0 Å². The molecule has 1 fully saturated rings. The zero-order chi connectivity index (χ0) is 8.97. The molecule has 0 amide bonds. The first-order chi connectivity index (χ1) is 5.72. The summed E-state index contributed by atoms with van der Waals surface area (Å²) in [5.74, 6) is -0.722. The lowest BCUT2D eigenvalue weighted by atomic mass is 10.3.